The van der Waals surface area contributed by atoms with E-state index in [9.17, 15) is 9.90 Å². The van der Waals surface area contributed by atoms with Gasteiger partial charge in [0.1, 0.15) is 11.8 Å². The standard InChI is InChI=1S/C30H27N3O3/c1-20(2)22-11-9-21(10-12-22)18-36-19-25-6-4-7-27-24(5-3-8-28(25)27)17-32-33-30(35)23-13-14-29(34)26(15-23)16-31/h3-15,17,20,34H,18-19H2,1-2H3,(H,33,35)/b32-17+. The zero-order chi connectivity index (χ0) is 25.5. The van der Waals surface area contributed by atoms with Crippen LogP contribution in [0.4, 0.5) is 0 Å². The number of amides is 1. The summed E-state index contributed by atoms with van der Waals surface area (Å²) in [7, 11) is 0. The fraction of sp³-hybridized carbons (Fsp3) is 0.167. The topological polar surface area (TPSA) is 94.7 Å². The van der Waals surface area contributed by atoms with Gasteiger partial charge in [0.25, 0.3) is 5.91 Å². The molecule has 0 aliphatic rings. The molecule has 6 heteroatoms. The number of nitriles is 1. The van der Waals surface area contributed by atoms with Crippen molar-refractivity contribution in [2.75, 3.05) is 0 Å². The van der Waals surface area contributed by atoms with Crippen LogP contribution in [-0.2, 0) is 18.0 Å². The predicted molar refractivity (Wildman–Crippen MR) is 141 cm³/mol. The molecule has 0 aromatic heterocycles. The van der Waals surface area contributed by atoms with E-state index in [-0.39, 0.29) is 16.9 Å². The third-order valence-corrected chi connectivity index (χ3v) is 5.97. The smallest absolute Gasteiger partial charge is 0.271 e. The van der Waals surface area contributed by atoms with Crippen molar-refractivity contribution in [2.24, 2.45) is 5.10 Å². The third kappa shape index (κ3) is 5.77. The molecule has 180 valence electrons. The number of fused-ring (bicyclic) bond motifs is 1. The van der Waals surface area contributed by atoms with Crippen molar-refractivity contribution in [2.45, 2.75) is 33.0 Å². The Labute approximate surface area is 210 Å². The highest BCUT2D eigenvalue weighted by molar-refractivity contribution is 6.02. The van der Waals surface area contributed by atoms with Crippen LogP contribution in [0, 0.1) is 11.3 Å². The molecule has 0 atom stereocenters. The Morgan fingerprint density at radius 3 is 2.53 bits per heavy atom. The minimum Gasteiger partial charge on any atom is -0.507 e. The summed E-state index contributed by atoms with van der Waals surface area (Å²) in [4.78, 5) is 12.4. The van der Waals surface area contributed by atoms with Crippen LogP contribution < -0.4 is 5.43 Å². The first-order chi connectivity index (χ1) is 17.5. The maximum Gasteiger partial charge on any atom is 0.271 e. The summed E-state index contributed by atoms with van der Waals surface area (Å²) in [6.07, 6.45) is 1.59. The largest absolute Gasteiger partial charge is 0.507 e. The van der Waals surface area contributed by atoms with Gasteiger partial charge in [0, 0.05) is 11.1 Å². The molecular formula is C30H27N3O3. The van der Waals surface area contributed by atoms with Gasteiger partial charge in [0.15, 0.2) is 0 Å². The van der Waals surface area contributed by atoms with Crippen LogP contribution in [0.15, 0.2) is 84.0 Å². The number of ether oxygens (including phenoxy) is 1. The fourth-order valence-electron chi connectivity index (χ4n) is 3.91. The molecule has 0 saturated heterocycles. The Hall–Kier alpha value is -4.47. The Morgan fingerprint density at radius 1 is 1.03 bits per heavy atom. The quantitative estimate of drug-likeness (QED) is 0.240. The molecular weight excluding hydrogens is 450 g/mol. The molecule has 6 nitrogen and oxygen atoms in total. The Bertz CT molecular complexity index is 1450. The molecule has 2 N–H and O–H groups in total. The second-order valence-electron chi connectivity index (χ2n) is 8.79. The summed E-state index contributed by atoms with van der Waals surface area (Å²) in [5.41, 5.74) is 7.11. The number of nitrogens with zero attached hydrogens (tertiary/aromatic N) is 2. The summed E-state index contributed by atoms with van der Waals surface area (Å²) in [5.74, 6) is -0.137. The van der Waals surface area contributed by atoms with Crippen LogP contribution in [0.1, 0.15) is 57.9 Å². The average Bonchev–Trinajstić information content (AvgIpc) is 2.89. The maximum atomic E-state index is 12.4. The number of phenolic OH excluding ortho intramolecular Hbond substituents is 1. The molecule has 4 aromatic carbocycles. The van der Waals surface area contributed by atoms with E-state index in [0.29, 0.717) is 19.1 Å². The lowest BCUT2D eigenvalue weighted by Crippen LogP contribution is -2.17. The lowest BCUT2D eigenvalue weighted by Gasteiger charge is -2.10. The number of hydrogen-bond donors (Lipinski definition) is 2. The average molecular weight is 478 g/mol. The van der Waals surface area contributed by atoms with Gasteiger partial charge in [-0.1, -0.05) is 74.5 Å². The number of aromatic hydroxyl groups is 1. The molecule has 0 spiro atoms. The second kappa shape index (κ2) is 11.3. The SMILES string of the molecule is CC(C)c1ccc(COCc2cccc3c(/C=N/NC(=O)c4ccc(O)c(C#N)c4)cccc23)cc1. The van der Waals surface area contributed by atoms with Gasteiger partial charge in [-0.15, -0.1) is 0 Å². The van der Waals surface area contributed by atoms with E-state index in [2.05, 4.69) is 48.6 Å². The second-order valence-corrected chi connectivity index (χ2v) is 8.79. The number of hydrogen-bond acceptors (Lipinski definition) is 5. The summed E-state index contributed by atoms with van der Waals surface area (Å²) in [5, 5.41) is 24.8. The van der Waals surface area contributed by atoms with Crippen molar-refractivity contribution in [3.05, 3.63) is 112 Å². The van der Waals surface area contributed by atoms with Crippen LogP contribution in [0.3, 0.4) is 0 Å². The molecule has 0 bridgehead atoms. The lowest BCUT2D eigenvalue weighted by molar-refractivity contribution is 0.0955. The van der Waals surface area contributed by atoms with Crippen LogP contribution in [0.25, 0.3) is 10.8 Å². The highest BCUT2D eigenvalue weighted by atomic mass is 16.5. The van der Waals surface area contributed by atoms with Crippen molar-refractivity contribution in [3.8, 4) is 11.8 Å². The molecule has 0 aliphatic carbocycles. The summed E-state index contributed by atoms with van der Waals surface area (Å²) < 4.78 is 6.01. The van der Waals surface area contributed by atoms with Gasteiger partial charge in [0.2, 0.25) is 0 Å². The number of nitrogens with one attached hydrogen (secondary N) is 1. The van der Waals surface area contributed by atoms with E-state index in [1.807, 2.05) is 42.5 Å². The van der Waals surface area contributed by atoms with Crippen molar-refractivity contribution in [1.82, 2.24) is 5.43 Å². The van der Waals surface area contributed by atoms with Crippen molar-refractivity contribution < 1.29 is 14.6 Å². The van der Waals surface area contributed by atoms with E-state index >= 15 is 0 Å². The highest BCUT2D eigenvalue weighted by Gasteiger charge is 2.09. The number of hydrazone groups is 1. The first kappa shape index (κ1) is 24.6. The van der Waals surface area contributed by atoms with Gasteiger partial charge in [0.05, 0.1) is 25.0 Å². The normalized spacial score (nSPS) is 11.2. The molecule has 36 heavy (non-hydrogen) atoms. The van der Waals surface area contributed by atoms with Crippen LogP contribution in [0.2, 0.25) is 0 Å². The lowest BCUT2D eigenvalue weighted by atomic mass is 10.0. The van der Waals surface area contributed by atoms with Crippen LogP contribution >= 0.6 is 0 Å². The fourth-order valence-corrected chi connectivity index (χ4v) is 3.91. The molecule has 0 heterocycles. The zero-order valence-corrected chi connectivity index (χ0v) is 20.2. The first-order valence-electron chi connectivity index (χ1n) is 11.7. The number of rotatable bonds is 8. The molecule has 0 unspecified atom stereocenters. The van der Waals surface area contributed by atoms with Crippen LogP contribution in [0.5, 0.6) is 5.75 Å². The molecule has 1 amide bonds. The molecule has 0 fully saturated rings. The van der Waals surface area contributed by atoms with Gasteiger partial charge in [-0.3, -0.25) is 4.79 Å². The number of carbonyl (C=O) groups excluding carboxylic acids is 1. The molecule has 4 rings (SSSR count). The number of phenols is 1. The number of carbonyl (C=O) groups is 1. The third-order valence-electron chi connectivity index (χ3n) is 5.97. The summed E-state index contributed by atoms with van der Waals surface area (Å²) in [6, 6.07) is 26.4. The van der Waals surface area contributed by atoms with E-state index in [0.717, 1.165) is 27.5 Å². The van der Waals surface area contributed by atoms with Gasteiger partial charge in [-0.25, -0.2) is 5.43 Å². The van der Waals surface area contributed by atoms with E-state index < -0.39 is 5.91 Å². The Balaban J connectivity index is 1.43. The van der Waals surface area contributed by atoms with E-state index in [4.69, 9.17) is 10.00 Å². The monoisotopic (exact) mass is 477 g/mol. The van der Waals surface area contributed by atoms with Crippen LogP contribution in [-0.4, -0.2) is 17.2 Å². The van der Waals surface area contributed by atoms with Gasteiger partial charge < -0.3 is 9.84 Å². The summed E-state index contributed by atoms with van der Waals surface area (Å²) in [6.45, 7) is 5.37. The minimum atomic E-state index is -0.474. The Morgan fingerprint density at radius 2 is 1.78 bits per heavy atom. The first-order valence-corrected chi connectivity index (χ1v) is 11.7. The highest BCUT2D eigenvalue weighted by Crippen LogP contribution is 2.23. The van der Waals surface area contributed by atoms with Crippen molar-refractivity contribution >= 4 is 22.9 Å². The van der Waals surface area contributed by atoms with Gasteiger partial charge in [-0.05, 0) is 51.6 Å². The minimum absolute atomic E-state index is 0.0306. The molecule has 0 saturated carbocycles. The van der Waals surface area contributed by atoms with Gasteiger partial charge >= 0.3 is 0 Å². The Kier molecular flexibility index (Phi) is 7.74. The maximum absolute atomic E-state index is 12.4. The summed E-state index contributed by atoms with van der Waals surface area (Å²) >= 11 is 0. The molecule has 0 radical (unpaired) electrons. The predicted octanol–water partition coefficient (Wildman–Crippen LogP) is 6.02. The van der Waals surface area contributed by atoms with Gasteiger partial charge in [-0.2, -0.15) is 10.4 Å². The zero-order valence-electron chi connectivity index (χ0n) is 20.2. The van der Waals surface area contributed by atoms with Crippen molar-refractivity contribution in [1.29, 1.82) is 5.26 Å². The van der Waals surface area contributed by atoms with Crippen molar-refractivity contribution in [3.63, 3.8) is 0 Å². The molecule has 4 aromatic rings. The number of benzene rings is 4. The molecule has 0 aliphatic heterocycles. The van der Waals surface area contributed by atoms with E-state index in [1.165, 1.54) is 23.8 Å². The van der Waals surface area contributed by atoms with E-state index in [1.54, 1.807) is 6.21 Å².